The Kier molecular flexibility index (Phi) is 5.57. The Labute approximate surface area is 120 Å². The summed E-state index contributed by atoms with van der Waals surface area (Å²) in [6, 6.07) is 2.38. The van der Waals surface area contributed by atoms with E-state index in [1.165, 1.54) is 0 Å². The number of benzene rings is 1. The number of halogens is 2. The summed E-state index contributed by atoms with van der Waals surface area (Å²) in [5.41, 5.74) is 5.47. The summed E-state index contributed by atoms with van der Waals surface area (Å²) in [6.07, 6.45) is 0. The molecule has 0 radical (unpaired) electrons. The van der Waals surface area contributed by atoms with Crippen molar-refractivity contribution in [2.75, 3.05) is 6.61 Å². The summed E-state index contributed by atoms with van der Waals surface area (Å²) in [5, 5.41) is 10.9. The van der Waals surface area contributed by atoms with E-state index in [9.17, 15) is 9.59 Å². The Hall–Kier alpha value is -1.12. The molecule has 1 aromatic carbocycles. The molecule has 1 aromatic rings. The molecule has 0 bridgehead atoms. The van der Waals surface area contributed by atoms with E-state index in [1.54, 1.807) is 12.1 Å². The molecule has 0 heterocycles. The molecule has 18 heavy (non-hydrogen) atoms. The fourth-order valence-electron chi connectivity index (χ4n) is 1.15. The highest BCUT2D eigenvalue weighted by molar-refractivity contribution is 9.11. The average Bonchev–Trinajstić information content (AvgIpc) is 2.26. The number of primary amides is 1. The van der Waals surface area contributed by atoms with Crippen LogP contribution in [0.25, 0.3) is 0 Å². The molecule has 1 rings (SSSR count). The van der Waals surface area contributed by atoms with Gasteiger partial charge in [-0.1, -0.05) is 0 Å². The molecule has 0 aromatic heterocycles. The predicted molar refractivity (Wildman–Crippen MR) is 71.0 cm³/mol. The summed E-state index contributed by atoms with van der Waals surface area (Å²) >= 11 is 6.50. The van der Waals surface area contributed by atoms with E-state index < -0.39 is 11.9 Å². The molecule has 0 atom stereocenters. The number of hydrogen-bond acceptors (Lipinski definition) is 4. The van der Waals surface area contributed by atoms with Crippen LogP contribution in [0.3, 0.4) is 0 Å². The van der Waals surface area contributed by atoms with Crippen LogP contribution >= 0.6 is 31.9 Å². The molecular formula is C10H10Br2N2O4. The van der Waals surface area contributed by atoms with Gasteiger partial charge in [0, 0.05) is 0 Å². The number of urea groups is 1. The maximum atomic E-state index is 11.2. The minimum atomic E-state index is -0.933. The van der Waals surface area contributed by atoms with Crippen molar-refractivity contribution < 1.29 is 19.4 Å². The molecule has 0 fully saturated rings. The molecule has 4 N–H and O–H groups in total. The Morgan fingerprint density at radius 1 is 1.33 bits per heavy atom. The van der Waals surface area contributed by atoms with Crippen LogP contribution in [0.5, 0.6) is 5.75 Å². The van der Waals surface area contributed by atoms with Gasteiger partial charge in [0.2, 0.25) is 0 Å². The van der Waals surface area contributed by atoms with Crippen molar-refractivity contribution >= 4 is 43.8 Å². The second-order valence-corrected chi connectivity index (χ2v) is 4.96. The van der Waals surface area contributed by atoms with Crippen molar-refractivity contribution in [1.82, 2.24) is 5.32 Å². The Bertz CT molecular complexity index is 456. The summed E-state index contributed by atoms with van der Waals surface area (Å²) in [4.78, 5) is 21.6. The largest absolute Gasteiger partial charge is 0.481 e. The molecule has 0 aliphatic rings. The lowest BCUT2D eigenvalue weighted by Gasteiger charge is -2.11. The molecule has 3 amide bonds. The number of rotatable bonds is 4. The third-order valence-electron chi connectivity index (χ3n) is 1.85. The number of ether oxygens (including phenoxy) is 1. The van der Waals surface area contributed by atoms with Crippen LogP contribution in [0.4, 0.5) is 4.79 Å². The summed E-state index contributed by atoms with van der Waals surface area (Å²) < 4.78 is 6.39. The van der Waals surface area contributed by atoms with Crippen molar-refractivity contribution in [3.63, 3.8) is 0 Å². The lowest BCUT2D eigenvalue weighted by atomic mass is 10.2. The van der Waals surface area contributed by atoms with Gasteiger partial charge in [0.25, 0.3) is 5.91 Å². The zero-order valence-electron chi connectivity index (χ0n) is 9.07. The highest BCUT2D eigenvalue weighted by Crippen LogP contribution is 2.34. The van der Waals surface area contributed by atoms with Crippen LogP contribution in [0.2, 0.25) is 0 Å². The number of nitrogens with two attached hydrogens (primary N) is 1. The van der Waals surface area contributed by atoms with Crippen LogP contribution < -0.4 is 15.8 Å². The number of aliphatic hydroxyl groups is 1. The molecule has 0 unspecified atom stereocenters. The van der Waals surface area contributed by atoms with Crippen molar-refractivity contribution in [2.24, 2.45) is 5.73 Å². The van der Waals surface area contributed by atoms with Gasteiger partial charge in [-0.2, -0.15) is 0 Å². The van der Waals surface area contributed by atoms with Crippen LogP contribution in [0.1, 0.15) is 5.56 Å². The maximum absolute atomic E-state index is 11.2. The number of carbonyl (C=O) groups excluding carboxylic acids is 2. The Morgan fingerprint density at radius 2 is 1.89 bits per heavy atom. The van der Waals surface area contributed by atoms with Crippen LogP contribution in [0.15, 0.2) is 21.1 Å². The highest BCUT2D eigenvalue weighted by atomic mass is 79.9. The number of hydrogen-bond donors (Lipinski definition) is 3. The molecular weight excluding hydrogens is 372 g/mol. The highest BCUT2D eigenvalue weighted by Gasteiger charge is 2.11. The second-order valence-electron chi connectivity index (χ2n) is 3.25. The quantitative estimate of drug-likeness (QED) is 0.730. The number of carbonyl (C=O) groups is 2. The van der Waals surface area contributed by atoms with Crippen molar-refractivity contribution in [3.05, 3.63) is 26.6 Å². The lowest BCUT2D eigenvalue weighted by molar-refractivity contribution is -0.121. The van der Waals surface area contributed by atoms with Gasteiger partial charge in [0.15, 0.2) is 6.61 Å². The average molecular weight is 382 g/mol. The van der Waals surface area contributed by atoms with Crippen LogP contribution in [0, 0.1) is 0 Å². The fourth-order valence-corrected chi connectivity index (χ4v) is 2.66. The number of imide groups is 1. The monoisotopic (exact) mass is 380 g/mol. The fraction of sp³-hybridized carbons (Fsp3) is 0.200. The molecule has 6 nitrogen and oxygen atoms in total. The van der Waals surface area contributed by atoms with Gasteiger partial charge in [0.1, 0.15) is 5.75 Å². The van der Waals surface area contributed by atoms with E-state index >= 15 is 0 Å². The van der Waals surface area contributed by atoms with Gasteiger partial charge in [-0.25, -0.2) is 4.79 Å². The van der Waals surface area contributed by atoms with Crippen molar-refractivity contribution in [1.29, 1.82) is 0 Å². The van der Waals surface area contributed by atoms with Crippen molar-refractivity contribution in [3.8, 4) is 5.75 Å². The maximum Gasteiger partial charge on any atom is 0.318 e. The Morgan fingerprint density at radius 3 is 2.33 bits per heavy atom. The topological polar surface area (TPSA) is 102 Å². The van der Waals surface area contributed by atoms with E-state index in [1.807, 2.05) is 5.32 Å². The number of aliphatic hydroxyl groups excluding tert-OH is 1. The molecule has 0 aliphatic carbocycles. The van der Waals surface area contributed by atoms with Gasteiger partial charge in [0.05, 0.1) is 15.6 Å². The summed E-state index contributed by atoms with van der Waals surface area (Å²) in [7, 11) is 0. The molecule has 0 saturated heterocycles. The summed E-state index contributed by atoms with van der Waals surface area (Å²) in [5.74, 6) is -0.251. The number of nitrogens with one attached hydrogen (secondary N) is 1. The smallest absolute Gasteiger partial charge is 0.318 e. The SMILES string of the molecule is NC(=O)NC(=O)COc1c(Br)cc(CO)cc1Br. The van der Waals surface area contributed by atoms with E-state index in [2.05, 4.69) is 31.9 Å². The molecule has 8 heteroatoms. The molecule has 0 saturated carbocycles. The zero-order valence-corrected chi connectivity index (χ0v) is 12.2. The standard InChI is InChI=1S/C10H10Br2N2O4/c11-6-1-5(3-15)2-7(12)9(6)18-4-8(16)14-10(13)17/h1-2,15H,3-4H2,(H3,13,14,16,17). The van der Waals surface area contributed by atoms with E-state index in [0.29, 0.717) is 20.3 Å². The van der Waals surface area contributed by atoms with Crippen LogP contribution in [-0.4, -0.2) is 23.7 Å². The van der Waals surface area contributed by atoms with Gasteiger partial charge in [-0.05, 0) is 49.6 Å². The van der Waals surface area contributed by atoms with E-state index in [0.717, 1.165) is 0 Å². The van der Waals surface area contributed by atoms with Gasteiger partial charge < -0.3 is 15.6 Å². The predicted octanol–water partition coefficient (Wildman–Crippen LogP) is 1.28. The van der Waals surface area contributed by atoms with E-state index in [4.69, 9.17) is 15.6 Å². The zero-order chi connectivity index (χ0) is 13.7. The minimum absolute atomic E-state index is 0.111. The first-order valence-electron chi connectivity index (χ1n) is 4.75. The molecule has 0 spiro atoms. The minimum Gasteiger partial charge on any atom is -0.481 e. The summed E-state index contributed by atoms with van der Waals surface area (Å²) in [6.45, 7) is -0.460. The molecule has 98 valence electrons. The van der Waals surface area contributed by atoms with Crippen LogP contribution in [-0.2, 0) is 11.4 Å². The van der Waals surface area contributed by atoms with Gasteiger partial charge in [-0.3, -0.25) is 10.1 Å². The third-order valence-corrected chi connectivity index (χ3v) is 3.03. The second kappa shape index (κ2) is 6.72. The Balaban J connectivity index is 2.73. The first-order valence-corrected chi connectivity index (χ1v) is 6.33. The van der Waals surface area contributed by atoms with Gasteiger partial charge in [-0.15, -0.1) is 0 Å². The van der Waals surface area contributed by atoms with E-state index in [-0.39, 0.29) is 13.2 Å². The van der Waals surface area contributed by atoms with Gasteiger partial charge >= 0.3 is 6.03 Å². The third kappa shape index (κ3) is 4.28. The normalized spacial score (nSPS) is 9.94. The number of amides is 3. The molecule has 0 aliphatic heterocycles. The van der Waals surface area contributed by atoms with Crippen molar-refractivity contribution in [2.45, 2.75) is 6.61 Å². The first kappa shape index (κ1) is 14.9. The lowest BCUT2D eigenvalue weighted by Crippen LogP contribution is -2.38. The first-order chi connectivity index (χ1) is 8.43.